The molecule has 0 aromatic heterocycles. The Kier molecular flexibility index (Phi) is 5.47. The van der Waals surface area contributed by atoms with E-state index in [-0.39, 0.29) is 0 Å². The predicted molar refractivity (Wildman–Crippen MR) is 90.5 cm³/mol. The number of nitrogens with zero attached hydrogens (tertiary/aromatic N) is 2. The van der Waals surface area contributed by atoms with E-state index in [1.54, 1.807) is 0 Å². The number of hydrogen-bond donors (Lipinski definition) is 1. The van der Waals surface area contributed by atoms with Gasteiger partial charge in [0.2, 0.25) is 0 Å². The lowest BCUT2D eigenvalue weighted by Crippen LogP contribution is -2.37. The minimum atomic E-state index is 0.386. The molecule has 1 aliphatic rings. The van der Waals surface area contributed by atoms with Gasteiger partial charge in [-0.15, -0.1) is 0 Å². The molecule has 1 aromatic carbocycles. The first-order valence-electron chi connectivity index (χ1n) is 7.41. The monoisotopic (exact) mass is 339 g/mol. The summed E-state index contributed by atoms with van der Waals surface area (Å²) in [6, 6.07) is 7.78. The van der Waals surface area contributed by atoms with E-state index in [2.05, 4.69) is 70.3 Å². The van der Waals surface area contributed by atoms with Gasteiger partial charge in [0.25, 0.3) is 0 Å². The Morgan fingerprint density at radius 3 is 2.80 bits per heavy atom. The lowest BCUT2D eigenvalue weighted by molar-refractivity contribution is 0.372. The van der Waals surface area contributed by atoms with Crippen molar-refractivity contribution in [1.29, 1.82) is 0 Å². The summed E-state index contributed by atoms with van der Waals surface area (Å²) in [6.45, 7) is 4.48. The number of hydrogen-bond acceptors (Lipinski definition) is 3. The molecule has 0 bridgehead atoms. The number of halogens is 1. The number of likely N-dealkylation sites (N-methyl/N-ethyl adjacent to an activating group) is 1. The van der Waals surface area contributed by atoms with Gasteiger partial charge in [0.05, 0.1) is 5.69 Å². The van der Waals surface area contributed by atoms with Crippen molar-refractivity contribution in [2.24, 2.45) is 0 Å². The average Bonchev–Trinajstić information content (AvgIpc) is 2.84. The second kappa shape index (κ2) is 6.92. The summed E-state index contributed by atoms with van der Waals surface area (Å²) >= 11 is 3.77. The van der Waals surface area contributed by atoms with Crippen molar-refractivity contribution in [3.63, 3.8) is 0 Å². The molecule has 0 spiro atoms. The molecule has 2 unspecified atom stereocenters. The first kappa shape index (κ1) is 15.8. The van der Waals surface area contributed by atoms with E-state index < -0.39 is 0 Å². The molecule has 112 valence electrons. The van der Waals surface area contributed by atoms with Crippen molar-refractivity contribution in [3.05, 3.63) is 28.2 Å². The Hall–Kier alpha value is -0.580. The first-order chi connectivity index (χ1) is 9.52. The second-order valence-corrected chi connectivity index (χ2v) is 6.83. The van der Waals surface area contributed by atoms with E-state index in [0.29, 0.717) is 12.1 Å². The van der Waals surface area contributed by atoms with Crippen LogP contribution in [0.5, 0.6) is 0 Å². The van der Waals surface area contributed by atoms with Crippen molar-refractivity contribution in [2.75, 3.05) is 39.1 Å². The summed E-state index contributed by atoms with van der Waals surface area (Å²) in [4.78, 5) is 4.84. The van der Waals surface area contributed by atoms with Gasteiger partial charge >= 0.3 is 0 Å². The minimum Gasteiger partial charge on any atom is -0.366 e. The van der Waals surface area contributed by atoms with Crippen LogP contribution in [0.15, 0.2) is 22.7 Å². The molecule has 1 aromatic rings. The van der Waals surface area contributed by atoms with E-state index in [1.807, 2.05) is 7.05 Å². The Balaban J connectivity index is 2.19. The van der Waals surface area contributed by atoms with Gasteiger partial charge in [0, 0.05) is 29.6 Å². The molecule has 2 rings (SSSR count). The molecule has 0 amide bonds. The van der Waals surface area contributed by atoms with Crippen LogP contribution in [0.2, 0.25) is 0 Å². The summed E-state index contributed by atoms with van der Waals surface area (Å²) in [5.74, 6) is 0. The molecule has 1 fully saturated rings. The van der Waals surface area contributed by atoms with Crippen LogP contribution in [-0.4, -0.2) is 45.2 Å². The van der Waals surface area contributed by atoms with Crippen molar-refractivity contribution < 1.29 is 0 Å². The molecule has 1 heterocycles. The third kappa shape index (κ3) is 3.54. The number of anilines is 1. The molecule has 3 nitrogen and oxygen atoms in total. The molecular weight excluding hydrogens is 314 g/mol. The highest BCUT2D eigenvalue weighted by Gasteiger charge is 2.26. The molecule has 1 aliphatic heterocycles. The summed E-state index contributed by atoms with van der Waals surface area (Å²) < 4.78 is 1.21. The lowest BCUT2D eigenvalue weighted by Gasteiger charge is -2.30. The fourth-order valence-electron chi connectivity index (χ4n) is 2.96. The van der Waals surface area contributed by atoms with E-state index in [9.17, 15) is 0 Å². The van der Waals surface area contributed by atoms with E-state index >= 15 is 0 Å². The molecule has 0 saturated carbocycles. The third-order valence-electron chi connectivity index (χ3n) is 4.17. The van der Waals surface area contributed by atoms with Crippen LogP contribution in [0.25, 0.3) is 0 Å². The topological polar surface area (TPSA) is 18.5 Å². The zero-order valence-corrected chi connectivity index (χ0v) is 14.6. The lowest BCUT2D eigenvalue weighted by atomic mass is 10.1. The Morgan fingerprint density at radius 2 is 2.20 bits per heavy atom. The third-order valence-corrected chi connectivity index (χ3v) is 4.80. The second-order valence-electron chi connectivity index (χ2n) is 5.97. The maximum absolute atomic E-state index is 3.77. The van der Waals surface area contributed by atoms with Crippen molar-refractivity contribution in [2.45, 2.75) is 31.8 Å². The smallest absolute Gasteiger partial charge is 0.0513 e. The molecule has 0 aliphatic carbocycles. The molecular formula is C16H26BrN3. The predicted octanol–water partition coefficient (Wildman–Crippen LogP) is 3.26. The Labute approximate surface area is 131 Å². The molecule has 0 radical (unpaired) electrons. The number of nitrogens with one attached hydrogen (secondary N) is 1. The van der Waals surface area contributed by atoms with Crippen molar-refractivity contribution in [1.82, 2.24) is 10.2 Å². The van der Waals surface area contributed by atoms with Gasteiger partial charge in [-0.05, 0) is 74.5 Å². The van der Waals surface area contributed by atoms with E-state index in [4.69, 9.17) is 0 Å². The highest BCUT2D eigenvalue weighted by atomic mass is 79.9. The van der Waals surface area contributed by atoms with E-state index in [0.717, 1.165) is 13.1 Å². The van der Waals surface area contributed by atoms with Crippen LogP contribution in [0.1, 0.15) is 31.4 Å². The van der Waals surface area contributed by atoms with Crippen LogP contribution in [0.3, 0.4) is 0 Å². The zero-order chi connectivity index (χ0) is 14.7. The maximum Gasteiger partial charge on any atom is 0.0513 e. The summed E-state index contributed by atoms with van der Waals surface area (Å²) in [6.07, 6.45) is 2.58. The van der Waals surface area contributed by atoms with Gasteiger partial charge in [-0.25, -0.2) is 0 Å². The van der Waals surface area contributed by atoms with Crippen LogP contribution in [0, 0.1) is 0 Å². The Bertz CT molecular complexity index is 447. The number of benzene rings is 1. The van der Waals surface area contributed by atoms with Crippen LogP contribution in [0.4, 0.5) is 5.69 Å². The SMILES string of the molecule is CNC(C)c1ccc(N2CCCC2CN(C)C)c(Br)c1. The highest BCUT2D eigenvalue weighted by molar-refractivity contribution is 9.10. The fraction of sp³-hybridized carbons (Fsp3) is 0.625. The normalized spacial score (nSPS) is 20.7. The summed E-state index contributed by atoms with van der Waals surface area (Å²) in [5.41, 5.74) is 2.66. The maximum atomic E-state index is 3.77. The molecule has 1 saturated heterocycles. The van der Waals surface area contributed by atoms with Gasteiger partial charge in [-0.2, -0.15) is 0 Å². The van der Waals surface area contributed by atoms with Crippen molar-refractivity contribution >= 4 is 21.6 Å². The zero-order valence-electron chi connectivity index (χ0n) is 13.0. The Morgan fingerprint density at radius 1 is 1.45 bits per heavy atom. The first-order valence-corrected chi connectivity index (χ1v) is 8.20. The summed E-state index contributed by atoms with van der Waals surface area (Å²) in [7, 11) is 6.31. The highest BCUT2D eigenvalue weighted by Crippen LogP contribution is 2.34. The molecule has 2 atom stereocenters. The summed E-state index contributed by atoms with van der Waals surface area (Å²) in [5, 5.41) is 3.29. The largest absolute Gasteiger partial charge is 0.366 e. The fourth-order valence-corrected chi connectivity index (χ4v) is 3.58. The van der Waals surface area contributed by atoms with Gasteiger partial charge in [0.15, 0.2) is 0 Å². The van der Waals surface area contributed by atoms with Crippen LogP contribution in [-0.2, 0) is 0 Å². The minimum absolute atomic E-state index is 0.386. The van der Waals surface area contributed by atoms with E-state index in [1.165, 1.54) is 28.6 Å². The van der Waals surface area contributed by atoms with Crippen molar-refractivity contribution in [3.8, 4) is 0 Å². The van der Waals surface area contributed by atoms with Gasteiger partial charge < -0.3 is 15.1 Å². The molecule has 20 heavy (non-hydrogen) atoms. The van der Waals surface area contributed by atoms with Gasteiger partial charge in [0.1, 0.15) is 0 Å². The standard InChI is InChI=1S/C16H26BrN3/c1-12(18-2)13-7-8-16(15(17)10-13)20-9-5-6-14(20)11-19(3)4/h7-8,10,12,14,18H,5-6,9,11H2,1-4H3. The van der Waals surface area contributed by atoms with Gasteiger partial charge in [-0.1, -0.05) is 6.07 Å². The molecule has 1 N–H and O–H groups in total. The quantitative estimate of drug-likeness (QED) is 0.888. The van der Waals surface area contributed by atoms with Gasteiger partial charge in [-0.3, -0.25) is 0 Å². The van der Waals surface area contributed by atoms with Crippen LogP contribution >= 0.6 is 15.9 Å². The number of rotatable bonds is 5. The average molecular weight is 340 g/mol. The van der Waals surface area contributed by atoms with Crippen LogP contribution < -0.4 is 10.2 Å². The molecule has 4 heteroatoms.